The SMILES string of the molecule is CC1=C(C(=O)OC2CC3OC3CC2C)CCC2OC12C. The first kappa shape index (κ1) is 12.8. The molecule has 2 aliphatic carbocycles. The van der Waals surface area contributed by atoms with Crippen LogP contribution in [-0.2, 0) is 19.0 Å². The lowest BCUT2D eigenvalue weighted by atomic mass is 9.84. The average molecular weight is 278 g/mol. The van der Waals surface area contributed by atoms with E-state index in [2.05, 4.69) is 13.8 Å². The number of fused-ring (bicyclic) bond motifs is 2. The van der Waals surface area contributed by atoms with Crippen molar-refractivity contribution in [1.29, 1.82) is 0 Å². The Bertz CT molecular complexity index is 497. The lowest BCUT2D eigenvalue weighted by molar-refractivity contribution is -0.148. The minimum atomic E-state index is -0.199. The first-order valence-corrected chi connectivity index (χ1v) is 7.73. The smallest absolute Gasteiger partial charge is 0.334 e. The van der Waals surface area contributed by atoms with Gasteiger partial charge in [0.05, 0.1) is 18.3 Å². The molecule has 6 unspecified atom stereocenters. The summed E-state index contributed by atoms with van der Waals surface area (Å²) in [5.41, 5.74) is 1.71. The van der Waals surface area contributed by atoms with Crippen LogP contribution in [-0.4, -0.2) is 36.0 Å². The molecule has 4 rings (SSSR count). The van der Waals surface area contributed by atoms with Crippen LogP contribution in [0.4, 0.5) is 0 Å². The summed E-state index contributed by atoms with van der Waals surface area (Å²) in [6, 6.07) is 0. The molecule has 2 saturated heterocycles. The molecular weight excluding hydrogens is 256 g/mol. The van der Waals surface area contributed by atoms with Crippen molar-refractivity contribution in [2.24, 2.45) is 5.92 Å². The van der Waals surface area contributed by atoms with Gasteiger partial charge >= 0.3 is 5.97 Å². The van der Waals surface area contributed by atoms with Crippen LogP contribution in [0.5, 0.6) is 0 Å². The zero-order valence-electron chi connectivity index (χ0n) is 12.3. The molecule has 2 aliphatic heterocycles. The highest BCUT2D eigenvalue weighted by atomic mass is 16.6. The Morgan fingerprint density at radius 2 is 2.10 bits per heavy atom. The van der Waals surface area contributed by atoms with Crippen LogP contribution in [0.2, 0.25) is 0 Å². The molecular formula is C16H22O4. The summed E-state index contributed by atoms with van der Waals surface area (Å²) < 4.78 is 17.0. The second-order valence-electron chi connectivity index (χ2n) is 6.96. The molecule has 0 aromatic rings. The van der Waals surface area contributed by atoms with E-state index in [1.165, 1.54) is 0 Å². The van der Waals surface area contributed by atoms with Crippen molar-refractivity contribution in [3.8, 4) is 0 Å². The van der Waals surface area contributed by atoms with E-state index in [1.807, 2.05) is 6.92 Å². The van der Waals surface area contributed by atoms with E-state index >= 15 is 0 Å². The molecule has 110 valence electrons. The van der Waals surface area contributed by atoms with Crippen molar-refractivity contribution in [2.75, 3.05) is 0 Å². The van der Waals surface area contributed by atoms with E-state index in [-0.39, 0.29) is 17.7 Å². The quantitative estimate of drug-likeness (QED) is 0.575. The third-order valence-electron chi connectivity index (χ3n) is 5.69. The molecule has 0 spiro atoms. The van der Waals surface area contributed by atoms with E-state index in [4.69, 9.17) is 14.2 Å². The Balaban J connectivity index is 1.47. The molecule has 0 bridgehead atoms. The third kappa shape index (κ3) is 1.85. The number of carbonyl (C=O) groups is 1. The Labute approximate surface area is 119 Å². The van der Waals surface area contributed by atoms with Crippen molar-refractivity contribution >= 4 is 5.97 Å². The van der Waals surface area contributed by atoms with Crippen LogP contribution in [0.1, 0.15) is 46.5 Å². The van der Waals surface area contributed by atoms with Gasteiger partial charge < -0.3 is 14.2 Å². The van der Waals surface area contributed by atoms with Crippen molar-refractivity contribution in [2.45, 2.75) is 76.5 Å². The van der Waals surface area contributed by atoms with Gasteiger partial charge in [0.25, 0.3) is 0 Å². The van der Waals surface area contributed by atoms with Gasteiger partial charge in [-0.1, -0.05) is 6.92 Å². The molecule has 4 heteroatoms. The summed E-state index contributed by atoms with van der Waals surface area (Å²) in [7, 11) is 0. The molecule has 6 atom stereocenters. The number of carbonyl (C=O) groups excluding carboxylic acids is 1. The van der Waals surface area contributed by atoms with Gasteiger partial charge in [0.2, 0.25) is 0 Å². The van der Waals surface area contributed by atoms with Crippen molar-refractivity contribution in [1.82, 2.24) is 0 Å². The predicted octanol–water partition coefficient (Wildman–Crippen LogP) is 2.36. The van der Waals surface area contributed by atoms with Gasteiger partial charge in [-0.15, -0.1) is 0 Å². The van der Waals surface area contributed by atoms with E-state index in [0.29, 0.717) is 24.2 Å². The molecule has 2 heterocycles. The van der Waals surface area contributed by atoms with E-state index < -0.39 is 0 Å². The third-order valence-corrected chi connectivity index (χ3v) is 5.69. The highest BCUT2D eigenvalue weighted by Crippen LogP contribution is 2.50. The van der Waals surface area contributed by atoms with Crippen LogP contribution in [0.15, 0.2) is 11.1 Å². The van der Waals surface area contributed by atoms with E-state index in [0.717, 1.165) is 36.8 Å². The highest BCUT2D eigenvalue weighted by Gasteiger charge is 2.57. The van der Waals surface area contributed by atoms with Gasteiger partial charge in [0, 0.05) is 12.0 Å². The summed E-state index contributed by atoms with van der Waals surface area (Å²) >= 11 is 0. The van der Waals surface area contributed by atoms with Crippen molar-refractivity contribution in [3.63, 3.8) is 0 Å². The fourth-order valence-corrected chi connectivity index (χ4v) is 3.89. The predicted molar refractivity (Wildman–Crippen MR) is 72.2 cm³/mol. The summed E-state index contributed by atoms with van der Waals surface area (Å²) in [6.07, 6.45) is 4.68. The van der Waals surface area contributed by atoms with Crippen LogP contribution >= 0.6 is 0 Å². The highest BCUT2D eigenvalue weighted by molar-refractivity contribution is 5.90. The largest absolute Gasteiger partial charge is 0.459 e. The Kier molecular flexibility index (Phi) is 2.62. The zero-order chi connectivity index (χ0) is 14.1. The summed E-state index contributed by atoms with van der Waals surface area (Å²) in [6.45, 7) is 6.24. The zero-order valence-corrected chi connectivity index (χ0v) is 12.3. The van der Waals surface area contributed by atoms with Gasteiger partial charge in [-0.2, -0.15) is 0 Å². The second-order valence-corrected chi connectivity index (χ2v) is 6.96. The molecule has 3 fully saturated rings. The fraction of sp³-hybridized carbons (Fsp3) is 0.812. The van der Waals surface area contributed by atoms with Crippen LogP contribution in [0.3, 0.4) is 0 Å². The van der Waals surface area contributed by atoms with Gasteiger partial charge in [0.15, 0.2) is 0 Å². The Morgan fingerprint density at radius 1 is 1.35 bits per heavy atom. The number of ether oxygens (including phenoxy) is 3. The number of rotatable bonds is 2. The molecule has 0 aromatic heterocycles. The lowest BCUT2D eigenvalue weighted by Gasteiger charge is -2.28. The topological polar surface area (TPSA) is 51.4 Å². The van der Waals surface area contributed by atoms with Crippen molar-refractivity contribution < 1.29 is 19.0 Å². The van der Waals surface area contributed by atoms with Crippen LogP contribution < -0.4 is 0 Å². The summed E-state index contributed by atoms with van der Waals surface area (Å²) in [4.78, 5) is 12.5. The normalized spacial score (nSPS) is 49.2. The standard InChI is InChI=1S/C16H22O4/c1-8-6-12-13(18-12)7-11(8)19-15(17)10-4-5-14-16(3,20-14)9(10)2/h8,11-14H,4-7H2,1-3H3. The molecule has 0 N–H and O–H groups in total. The van der Waals surface area contributed by atoms with Gasteiger partial charge in [-0.05, 0) is 44.6 Å². The van der Waals surface area contributed by atoms with Crippen molar-refractivity contribution in [3.05, 3.63) is 11.1 Å². The molecule has 0 aromatic carbocycles. The Morgan fingerprint density at radius 3 is 2.90 bits per heavy atom. The van der Waals surface area contributed by atoms with Gasteiger partial charge in [-0.25, -0.2) is 4.79 Å². The minimum Gasteiger partial charge on any atom is -0.459 e. The van der Waals surface area contributed by atoms with Gasteiger partial charge in [0.1, 0.15) is 11.7 Å². The number of esters is 1. The molecule has 1 saturated carbocycles. The first-order chi connectivity index (χ1) is 9.49. The maximum Gasteiger partial charge on any atom is 0.334 e. The first-order valence-electron chi connectivity index (χ1n) is 7.73. The summed E-state index contributed by atoms with van der Waals surface area (Å²) in [5.74, 6) is 0.265. The molecule has 0 radical (unpaired) electrons. The van der Waals surface area contributed by atoms with E-state index in [1.54, 1.807) is 0 Å². The van der Waals surface area contributed by atoms with Gasteiger partial charge in [-0.3, -0.25) is 0 Å². The average Bonchev–Trinajstić information content (AvgIpc) is 3.27. The maximum atomic E-state index is 12.5. The fourth-order valence-electron chi connectivity index (χ4n) is 3.89. The molecule has 4 aliphatic rings. The Hall–Kier alpha value is -0.870. The summed E-state index contributed by atoms with van der Waals surface area (Å²) in [5, 5.41) is 0. The number of hydrogen-bond donors (Lipinski definition) is 0. The minimum absolute atomic E-state index is 0.0113. The molecule has 4 nitrogen and oxygen atoms in total. The monoisotopic (exact) mass is 278 g/mol. The second kappa shape index (κ2) is 4.08. The number of epoxide rings is 2. The maximum absolute atomic E-state index is 12.5. The molecule has 0 amide bonds. The molecule has 20 heavy (non-hydrogen) atoms. The van der Waals surface area contributed by atoms with Crippen LogP contribution in [0, 0.1) is 5.92 Å². The lowest BCUT2D eigenvalue weighted by Crippen LogP contribution is -2.33. The number of hydrogen-bond acceptors (Lipinski definition) is 4. The van der Waals surface area contributed by atoms with E-state index in [9.17, 15) is 4.79 Å². The van der Waals surface area contributed by atoms with Crippen LogP contribution in [0.25, 0.3) is 0 Å².